The smallest absolute Gasteiger partial charge is 0.0839 e. The molecule has 0 radical (unpaired) electrons. The van der Waals surface area contributed by atoms with Crippen molar-refractivity contribution in [3.8, 4) is 0 Å². The summed E-state index contributed by atoms with van der Waals surface area (Å²) in [6, 6.07) is 0. The van der Waals surface area contributed by atoms with Gasteiger partial charge in [0, 0.05) is 13.1 Å². The van der Waals surface area contributed by atoms with Gasteiger partial charge in [0.15, 0.2) is 0 Å². The van der Waals surface area contributed by atoms with Crippen LogP contribution >= 0.6 is 0 Å². The van der Waals surface area contributed by atoms with Crippen LogP contribution in [-0.4, -0.2) is 36.5 Å². The fourth-order valence-electron chi connectivity index (χ4n) is 1.67. The Balaban J connectivity index is 1.75. The SMILES string of the molecule is OC1CCCC1OC1CNC1. The lowest BCUT2D eigenvalue weighted by atomic mass is 10.2. The minimum absolute atomic E-state index is 0.127. The van der Waals surface area contributed by atoms with Gasteiger partial charge in [-0.15, -0.1) is 0 Å². The van der Waals surface area contributed by atoms with Crippen LogP contribution in [0.2, 0.25) is 0 Å². The normalized spacial score (nSPS) is 39.0. The van der Waals surface area contributed by atoms with Crippen molar-refractivity contribution in [1.82, 2.24) is 5.32 Å². The molecular formula is C8H15NO2. The summed E-state index contributed by atoms with van der Waals surface area (Å²) in [5.41, 5.74) is 0. The Morgan fingerprint density at radius 1 is 1.27 bits per heavy atom. The number of ether oxygens (including phenoxy) is 1. The minimum Gasteiger partial charge on any atom is -0.390 e. The molecule has 1 heterocycles. The van der Waals surface area contributed by atoms with Crippen molar-refractivity contribution in [2.24, 2.45) is 0 Å². The van der Waals surface area contributed by atoms with E-state index in [9.17, 15) is 5.11 Å². The quantitative estimate of drug-likeness (QED) is 0.587. The number of hydrogen-bond acceptors (Lipinski definition) is 3. The van der Waals surface area contributed by atoms with Crippen molar-refractivity contribution in [1.29, 1.82) is 0 Å². The van der Waals surface area contributed by atoms with Crippen molar-refractivity contribution in [3.05, 3.63) is 0 Å². The molecule has 2 atom stereocenters. The van der Waals surface area contributed by atoms with Crippen molar-refractivity contribution >= 4 is 0 Å². The van der Waals surface area contributed by atoms with E-state index in [1.807, 2.05) is 0 Å². The van der Waals surface area contributed by atoms with E-state index in [-0.39, 0.29) is 12.2 Å². The van der Waals surface area contributed by atoms with Gasteiger partial charge >= 0.3 is 0 Å². The van der Waals surface area contributed by atoms with Gasteiger partial charge in [-0.05, 0) is 19.3 Å². The monoisotopic (exact) mass is 157 g/mol. The maximum atomic E-state index is 9.41. The molecule has 0 amide bonds. The Morgan fingerprint density at radius 3 is 2.55 bits per heavy atom. The Bertz CT molecular complexity index is 136. The highest BCUT2D eigenvalue weighted by molar-refractivity contribution is 4.82. The third-order valence-electron chi connectivity index (χ3n) is 2.53. The highest BCUT2D eigenvalue weighted by Gasteiger charge is 2.30. The van der Waals surface area contributed by atoms with Crippen LogP contribution in [0.25, 0.3) is 0 Å². The molecule has 0 bridgehead atoms. The number of aliphatic hydroxyl groups is 1. The van der Waals surface area contributed by atoms with E-state index in [0.717, 1.165) is 32.4 Å². The fraction of sp³-hybridized carbons (Fsp3) is 1.00. The summed E-state index contributed by atoms with van der Waals surface area (Å²) in [4.78, 5) is 0. The zero-order valence-electron chi connectivity index (χ0n) is 6.62. The molecule has 2 fully saturated rings. The van der Waals surface area contributed by atoms with Gasteiger partial charge in [0.2, 0.25) is 0 Å². The second kappa shape index (κ2) is 3.09. The maximum Gasteiger partial charge on any atom is 0.0839 e. The molecular weight excluding hydrogens is 142 g/mol. The van der Waals surface area contributed by atoms with E-state index >= 15 is 0 Å². The van der Waals surface area contributed by atoms with Gasteiger partial charge in [-0.2, -0.15) is 0 Å². The van der Waals surface area contributed by atoms with Gasteiger partial charge in [-0.25, -0.2) is 0 Å². The van der Waals surface area contributed by atoms with Crippen LogP contribution in [0.3, 0.4) is 0 Å². The molecule has 2 rings (SSSR count). The molecule has 1 saturated heterocycles. The minimum atomic E-state index is -0.199. The molecule has 2 aliphatic rings. The lowest BCUT2D eigenvalue weighted by Crippen LogP contribution is -2.50. The average Bonchev–Trinajstić information content (AvgIpc) is 2.27. The molecule has 1 aliphatic carbocycles. The summed E-state index contributed by atoms with van der Waals surface area (Å²) in [6.07, 6.45) is 3.37. The van der Waals surface area contributed by atoms with Crippen LogP contribution in [0.4, 0.5) is 0 Å². The Morgan fingerprint density at radius 2 is 2.09 bits per heavy atom. The number of hydrogen-bond donors (Lipinski definition) is 2. The number of aliphatic hydroxyl groups excluding tert-OH is 1. The molecule has 2 unspecified atom stereocenters. The van der Waals surface area contributed by atoms with Crippen molar-refractivity contribution in [2.45, 2.75) is 37.6 Å². The summed E-state index contributed by atoms with van der Waals surface area (Å²) in [5.74, 6) is 0. The van der Waals surface area contributed by atoms with Gasteiger partial charge in [0.05, 0.1) is 18.3 Å². The van der Waals surface area contributed by atoms with Gasteiger partial charge in [0.1, 0.15) is 0 Å². The number of nitrogens with one attached hydrogen (secondary N) is 1. The molecule has 3 nitrogen and oxygen atoms in total. The predicted octanol–water partition coefficient (Wildman–Crippen LogP) is -0.112. The van der Waals surface area contributed by atoms with E-state index in [1.165, 1.54) is 0 Å². The van der Waals surface area contributed by atoms with Crippen molar-refractivity contribution < 1.29 is 9.84 Å². The molecule has 0 aromatic heterocycles. The molecule has 2 N–H and O–H groups in total. The summed E-state index contributed by atoms with van der Waals surface area (Å²) >= 11 is 0. The first kappa shape index (κ1) is 7.53. The van der Waals surface area contributed by atoms with Gasteiger partial charge < -0.3 is 15.2 Å². The summed E-state index contributed by atoms with van der Waals surface area (Å²) in [7, 11) is 0. The van der Waals surface area contributed by atoms with Crippen molar-refractivity contribution in [2.75, 3.05) is 13.1 Å². The topological polar surface area (TPSA) is 41.5 Å². The van der Waals surface area contributed by atoms with Gasteiger partial charge in [0.25, 0.3) is 0 Å². The number of rotatable bonds is 2. The first-order chi connectivity index (χ1) is 5.36. The Hall–Kier alpha value is -0.120. The maximum absolute atomic E-state index is 9.41. The highest BCUT2D eigenvalue weighted by Crippen LogP contribution is 2.23. The van der Waals surface area contributed by atoms with E-state index in [2.05, 4.69) is 5.32 Å². The molecule has 11 heavy (non-hydrogen) atoms. The van der Waals surface area contributed by atoms with E-state index in [4.69, 9.17) is 4.74 Å². The molecule has 1 aliphatic heterocycles. The zero-order chi connectivity index (χ0) is 7.68. The standard InChI is InChI=1S/C8H15NO2/c10-7-2-1-3-8(7)11-6-4-9-5-6/h6-10H,1-5H2. The molecule has 3 heteroatoms. The third kappa shape index (κ3) is 1.55. The van der Waals surface area contributed by atoms with E-state index in [1.54, 1.807) is 0 Å². The highest BCUT2D eigenvalue weighted by atomic mass is 16.5. The zero-order valence-corrected chi connectivity index (χ0v) is 6.62. The van der Waals surface area contributed by atoms with Crippen LogP contribution in [0.15, 0.2) is 0 Å². The lowest BCUT2D eigenvalue weighted by molar-refractivity contribution is -0.0784. The summed E-state index contributed by atoms with van der Waals surface area (Å²) in [6.45, 7) is 1.92. The first-order valence-corrected chi connectivity index (χ1v) is 4.40. The van der Waals surface area contributed by atoms with Crippen LogP contribution in [0.1, 0.15) is 19.3 Å². The first-order valence-electron chi connectivity index (χ1n) is 4.40. The van der Waals surface area contributed by atoms with E-state index in [0.29, 0.717) is 6.10 Å². The molecule has 0 aromatic carbocycles. The average molecular weight is 157 g/mol. The van der Waals surface area contributed by atoms with Crippen LogP contribution in [0, 0.1) is 0 Å². The Kier molecular flexibility index (Phi) is 2.11. The molecule has 0 spiro atoms. The summed E-state index contributed by atoms with van der Waals surface area (Å²) in [5, 5.41) is 12.6. The van der Waals surface area contributed by atoms with Gasteiger partial charge in [-0.1, -0.05) is 0 Å². The fourth-order valence-corrected chi connectivity index (χ4v) is 1.67. The van der Waals surface area contributed by atoms with Crippen LogP contribution in [0.5, 0.6) is 0 Å². The third-order valence-corrected chi connectivity index (χ3v) is 2.53. The molecule has 0 aromatic rings. The lowest BCUT2D eigenvalue weighted by Gasteiger charge is -2.31. The second-order valence-electron chi connectivity index (χ2n) is 3.45. The van der Waals surface area contributed by atoms with Gasteiger partial charge in [-0.3, -0.25) is 0 Å². The van der Waals surface area contributed by atoms with E-state index < -0.39 is 0 Å². The van der Waals surface area contributed by atoms with Crippen molar-refractivity contribution in [3.63, 3.8) is 0 Å². The van der Waals surface area contributed by atoms with Crippen LogP contribution < -0.4 is 5.32 Å². The van der Waals surface area contributed by atoms with Crippen LogP contribution in [-0.2, 0) is 4.74 Å². The largest absolute Gasteiger partial charge is 0.390 e. The molecule has 1 saturated carbocycles. The molecule has 64 valence electrons. The predicted molar refractivity (Wildman–Crippen MR) is 41.4 cm³/mol. The second-order valence-corrected chi connectivity index (χ2v) is 3.45. The summed E-state index contributed by atoms with van der Waals surface area (Å²) < 4.78 is 5.65. The Labute approximate surface area is 66.7 Å².